The second-order valence-electron chi connectivity index (χ2n) is 5.83. The third kappa shape index (κ3) is 3.22. The molecule has 2 atom stereocenters. The molecule has 2 aliphatic rings. The SMILES string of the molecule is CC1OCCC1CNS(=O)(=O)c1ccc2c(c1)NCCC2. The molecule has 1 fully saturated rings. The molecule has 21 heavy (non-hydrogen) atoms. The van der Waals surface area contributed by atoms with E-state index in [1.54, 1.807) is 12.1 Å². The summed E-state index contributed by atoms with van der Waals surface area (Å²) >= 11 is 0. The van der Waals surface area contributed by atoms with Crippen LogP contribution in [0.2, 0.25) is 0 Å². The lowest BCUT2D eigenvalue weighted by atomic mass is 10.0. The predicted octanol–water partition coefficient (Wildman–Crippen LogP) is 1.75. The summed E-state index contributed by atoms with van der Waals surface area (Å²) in [6.45, 7) is 4.06. The van der Waals surface area contributed by atoms with Crippen LogP contribution in [0, 0.1) is 5.92 Å². The maximum absolute atomic E-state index is 12.4. The van der Waals surface area contributed by atoms with Crippen LogP contribution < -0.4 is 10.0 Å². The Balaban J connectivity index is 1.72. The van der Waals surface area contributed by atoms with Gasteiger partial charge in [0.05, 0.1) is 11.0 Å². The Morgan fingerprint density at radius 3 is 3.05 bits per heavy atom. The highest BCUT2D eigenvalue weighted by molar-refractivity contribution is 7.89. The third-order valence-corrected chi connectivity index (χ3v) is 5.82. The molecule has 116 valence electrons. The first kappa shape index (κ1) is 14.8. The lowest BCUT2D eigenvalue weighted by molar-refractivity contribution is 0.107. The van der Waals surface area contributed by atoms with Crippen LogP contribution in [0.15, 0.2) is 23.1 Å². The van der Waals surface area contributed by atoms with Gasteiger partial charge in [0.2, 0.25) is 10.0 Å². The van der Waals surface area contributed by atoms with Crippen molar-refractivity contribution in [3.05, 3.63) is 23.8 Å². The molecule has 0 saturated carbocycles. The van der Waals surface area contributed by atoms with E-state index >= 15 is 0 Å². The van der Waals surface area contributed by atoms with E-state index in [2.05, 4.69) is 10.0 Å². The van der Waals surface area contributed by atoms with Gasteiger partial charge >= 0.3 is 0 Å². The monoisotopic (exact) mass is 310 g/mol. The van der Waals surface area contributed by atoms with Crippen LogP contribution in [0.1, 0.15) is 25.3 Å². The maximum Gasteiger partial charge on any atom is 0.240 e. The molecule has 0 aliphatic carbocycles. The molecular formula is C15H22N2O3S. The first-order chi connectivity index (χ1) is 10.1. The van der Waals surface area contributed by atoms with Gasteiger partial charge in [-0.15, -0.1) is 0 Å². The molecule has 2 unspecified atom stereocenters. The minimum atomic E-state index is -3.45. The van der Waals surface area contributed by atoms with E-state index in [1.807, 2.05) is 13.0 Å². The van der Waals surface area contributed by atoms with Crippen LogP contribution in [0.3, 0.4) is 0 Å². The van der Waals surface area contributed by atoms with E-state index in [1.165, 1.54) is 5.56 Å². The van der Waals surface area contributed by atoms with Crippen LogP contribution >= 0.6 is 0 Å². The van der Waals surface area contributed by atoms with Crippen molar-refractivity contribution in [1.82, 2.24) is 4.72 Å². The van der Waals surface area contributed by atoms with Crippen molar-refractivity contribution >= 4 is 15.7 Å². The van der Waals surface area contributed by atoms with E-state index in [-0.39, 0.29) is 12.0 Å². The molecule has 3 rings (SSSR count). The Hall–Kier alpha value is -1.11. The number of rotatable bonds is 4. The smallest absolute Gasteiger partial charge is 0.240 e. The second-order valence-corrected chi connectivity index (χ2v) is 7.59. The molecule has 0 bridgehead atoms. The van der Waals surface area contributed by atoms with Gasteiger partial charge in [0.1, 0.15) is 0 Å². The molecule has 1 saturated heterocycles. The fourth-order valence-electron chi connectivity index (χ4n) is 2.95. The Labute approximate surface area is 126 Å². The summed E-state index contributed by atoms with van der Waals surface area (Å²) in [5.41, 5.74) is 2.14. The van der Waals surface area contributed by atoms with Gasteiger partial charge < -0.3 is 10.1 Å². The Bertz CT molecular complexity index is 615. The second kappa shape index (κ2) is 5.94. The van der Waals surface area contributed by atoms with Crippen molar-refractivity contribution in [3.8, 4) is 0 Å². The number of anilines is 1. The quantitative estimate of drug-likeness (QED) is 0.889. The first-order valence-electron chi connectivity index (χ1n) is 7.54. The number of ether oxygens (including phenoxy) is 1. The van der Waals surface area contributed by atoms with Crippen molar-refractivity contribution in [2.24, 2.45) is 5.92 Å². The molecule has 5 nitrogen and oxygen atoms in total. The molecule has 0 amide bonds. The van der Waals surface area contributed by atoms with E-state index < -0.39 is 10.0 Å². The van der Waals surface area contributed by atoms with Gasteiger partial charge in [-0.25, -0.2) is 13.1 Å². The summed E-state index contributed by atoms with van der Waals surface area (Å²) in [6, 6.07) is 5.35. The lowest BCUT2D eigenvalue weighted by Crippen LogP contribution is -2.32. The summed E-state index contributed by atoms with van der Waals surface area (Å²) in [7, 11) is -3.45. The number of hydrogen-bond acceptors (Lipinski definition) is 4. The molecule has 2 aliphatic heterocycles. The van der Waals surface area contributed by atoms with E-state index in [0.29, 0.717) is 11.4 Å². The Kier molecular flexibility index (Phi) is 4.19. The predicted molar refractivity (Wildman–Crippen MR) is 82.0 cm³/mol. The van der Waals surface area contributed by atoms with E-state index in [9.17, 15) is 8.42 Å². The van der Waals surface area contributed by atoms with Crippen LogP contribution in [-0.2, 0) is 21.2 Å². The van der Waals surface area contributed by atoms with Crippen LogP contribution in [-0.4, -0.2) is 34.2 Å². The van der Waals surface area contributed by atoms with Crippen LogP contribution in [0.4, 0.5) is 5.69 Å². The summed E-state index contributed by atoms with van der Waals surface area (Å²) in [4.78, 5) is 0.335. The molecular weight excluding hydrogens is 288 g/mol. The first-order valence-corrected chi connectivity index (χ1v) is 9.02. The van der Waals surface area contributed by atoms with E-state index in [4.69, 9.17) is 4.74 Å². The van der Waals surface area contributed by atoms with Crippen molar-refractivity contribution in [2.45, 2.75) is 37.2 Å². The zero-order chi connectivity index (χ0) is 14.9. The zero-order valence-electron chi connectivity index (χ0n) is 12.3. The van der Waals surface area contributed by atoms with Crippen molar-refractivity contribution in [1.29, 1.82) is 0 Å². The Morgan fingerprint density at radius 2 is 2.29 bits per heavy atom. The van der Waals surface area contributed by atoms with Gasteiger partial charge in [-0.1, -0.05) is 6.07 Å². The van der Waals surface area contributed by atoms with Gasteiger partial charge in [0, 0.05) is 31.3 Å². The highest BCUT2D eigenvalue weighted by atomic mass is 32.2. The van der Waals surface area contributed by atoms with E-state index in [0.717, 1.165) is 38.1 Å². The zero-order valence-corrected chi connectivity index (χ0v) is 13.1. The molecule has 0 spiro atoms. The molecule has 1 aromatic carbocycles. The number of fused-ring (bicyclic) bond motifs is 1. The standard InChI is InChI=1S/C15H22N2O3S/c1-11-13(6-8-20-11)10-17-21(18,19)14-5-4-12-3-2-7-16-15(12)9-14/h4-5,9,11,13,16-17H,2-3,6-8,10H2,1H3. The summed E-state index contributed by atoms with van der Waals surface area (Å²) in [6.07, 6.45) is 3.14. The fraction of sp³-hybridized carbons (Fsp3) is 0.600. The minimum Gasteiger partial charge on any atom is -0.385 e. The normalized spacial score (nSPS) is 25.4. The maximum atomic E-state index is 12.4. The molecule has 2 heterocycles. The summed E-state index contributed by atoms with van der Waals surface area (Å²) < 4.78 is 33.0. The number of aryl methyl sites for hydroxylation is 1. The van der Waals surface area contributed by atoms with Gasteiger partial charge in [-0.05, 0) is 43.9 Å². The van der Waals surface area contributed by atoms with Gasteiger partial charge in [0.25, 0.3) is 0 Å². The highest BCUT2D eigenvalue weighted by Crippen LogP contribution is 2.25. The minimum absolute atomic E-state index is 0.123. The number of nitrogens with one attached hydrogen (secondary N) is 2. The highest BCUT2D eigenvalue weighted by Gasteiger charge is 2.26. The summed E-state index contributed by atoms with van der Waals surface area (Å²) in [5.74, 6) is 0.260. The van der Waals surface area contributed by atoms with Crippen LogP contribution in [0.25, 0.3) is 0 Å². The van der Waals surface area contributed by atoms with Crippen molar-refractivity contribution < 1.29 is 13.2 Å². The fourth-order valence-corrected chi connectivity index (χ4v) is 4.07. The lowest BCUT2D eigenvalue weighted by Gasteiger charge is -2.19. The average molecular weight is 310 g/mol. The summed E-state index contributed by atoms with van der Waals surface area (Å²) in [5, 5.41) is 3.27. The van der Waals surface area contributed by atoms with Gasteiger partial charge in [0.15, 0.2) is 0 Å². The van der Waals surface area contributed by atoms with Crippen molar-refractivity contribution in [2.75, 3.05) is 25.0 Å². The molecule has 0 aromatic heterocycles. The number of benzene rings is 1. The number of hydrogen-bond donors (Lipinski definition) is 2. The average Bonchev–Trinajstić information content (AvgIpc) is 2.90. The van der Waals surface area contributed by atoms with Gasteiger partial charge in [-0.2, -0.15) is 0 Å². The van der Waals surface area contributed by atoms with Crippen molar-refractivity contribution in [3.63, 3.8) is 0 Å². The largest absolute Gasteiger partial charge is 0.385 e. The third-order valence-electron chi connectivity index (χ3n) is 4.40. The molecule has 2 N–H and O–H groups in total. The molecule has 6 heteroatoms. The number of sulfonamides is 1. The molecule has 0 radical (unpaired) electrons. The Morgan fingerprint density at radius 1 is 1.43 bits per heavy atom. The topological polar surface area (TPSA) is 67.4 Å². The van der Waals surface area contributed by atoms with Gasteiger partial charge in [-0.3, -0.25) is 0 Å². The molecule has 1 aromatic rings. The van der Waals surface area contributed by atoms with Crippen LogP contribution in [0.5, 0.6) is 0 Å².